The average Bonchev–Trinajstić information content (AvgIpc) is 3.12. The summed E-state index contributed by atoms with van der Waals surface area (Å²) in [5, 5.41) is 42.8. The third kappa shape index (κ3) is 7.31. The minimum atomic E-state index is -0.588. The maximum atomic E-state index is 11.2. The number of nitrogens with one attached hydrogen (secondary N) is 2. The van der Waals surface area contributed by atoms with Crippen LogP contribution in [0.5, 0.6) is 17.2 Å². The lowest BCUT2D eigenvalue weighted by atomic mass is 9.92. The third-order valence-corrected chi connectivity index (χ3v) is 8.03. The molecule has 47 heavy (non-hydrogen) atoms. The first-order valence-electron chi connectivity index (χ1n) is 14.8. The predicted molar refractivity (Wildman–Crippen MR) is 175 cm³/mol. The maximum Gasteiger partial charge on any atom is 0.267 e. The summed E-state index contributed by atoms with van der Waals surface area (Å²) in [6.07, 6.45) is 7.77. The molecule has 1 saturated heterocycles. The van der Waals surface area contributed by atoms with E-state index in [0.717, 1.165) is 24.0 Å². The van der Waals surface area contributed by atoms with Crippen LogP contribution < -0.4 is 25.2 Å². The second kappa shape index (κ2) is 14.9. The number of ether oxygens (including phenoxy) is 2. The van der Waals surface area contributed by atoms with Gasteiger partial charge in [0, 0.05) is 60.8 Å². The Morgan fingerprint density at radius 1 is 1.00 bits per heavy atom. The number of nitriles is 2. The highest BCUT2D eigenvalue weighted by atomic mass is 16.5. The summed E-state index contributed by atoms with van der Waals surface area (Å²) in [5.74, 6) is 0.503. The number of carbonyl (C=O) groups excluding carboxylic acids is 1. The van der Waals surface area contributed by atoms with E-state index in [1.165, 1.54) is 20.3 Å². The molecule has 12 heteroatoms. The fourth-order valence-corrected chi connectivity index (χ4v) is 5.56. The van der Waals surface area contributed by atoms with Gasteiger partial charge in [-0.1, -0.05) is 30.3 Å². The minimum Gasteiger partial charge on any atom is -0.504 e. The SMILES string of the molecule is COc1ccc(-c2cnc(N3CCC(NCc4ccc(/C=C/C(=O)NO)cc4)CC3)c(C#N)c2-c2cnc(C#N)c(OC)c2)cc1O. The van der Waals surface area contributed by atoms with Gasteiger partial charge in [-0.15, -0.1) is 0 Å². The van der Waals surface area contributed by atoms with Crippen LogP contribution in [0.25, 0.3) is 28.3 Å². The zero-order valence-corrected chi connectivity index (χ0v) is 25.9. The molecule has 1 amide bonds. The number of aromatic hydroxyl groups is 1. The highest BCUT2D eigenvalue weighted by molar-refractivity contribution is 5.91. The van der Waals surface area contributed by atoms with Crippen molar-refractivity contribution in [3.63, 3.8) is 0 Å². The number of hydroxylamine groups is 1. The normalized spacial score (nSPS) is 13.2. The summed E-state index contributed by atoms with van der Waals surface area (Å²) in [4.78, 5) is 22.4. The van der Waals surface area contributed by atoms with Crippen LogP contribution in [0, 0.1) is 22.7 Å². The van der Waals surface area contributed by atoms with Gasteiger partial charge >= 0.3 is 0 Å². The van der Waals surface area contributed by atoms with Gasteiger partial charge in [0.05, 0.1) is 14.2 Å². The van der Waals surface area contributed by atoms with Crippen LogP contribution in [0.15, 0.2) is 67.0 Å². The number of piperidine rings is 1. The Morgan fingerprint density at radius 3 is 2.38 bits per heavy atom. The first-order valence-corrected chi connectivity index (χ1v) is 14.8. The van der Waals surface area contributed by atoms with Crippen molar-refractivity contribution in [2.45, 2.75) is 25.4 Å². The number of anilines is 1. The highest BCUT2D eigenvalue weighted by Crippen LogP contribution is 2.41. The van der Waals surface area contributed by atoms with Gasteiger partial charge < -0.3 is 24.8 Å². The van der Waals surface area contributed by atoms with Crippen molar-refractivity contribution in [1.29, 1.82) is 10.5 Å². The molecule has 1 aliphatic rings. The van der Waals surface area contributed by atoms with Crippen molar-refractivity contribution in [3.8, 4) is 51.6 Å². The molecule has 0 radical (unpaired) electrons. The lowest BCUT2D eigenvalue weighted by Crippen LogP contribution is -2.42. The number of pyridine rings is 2. The van der Waals surface area contributed by atoms with Crippen molar-refractivity contribution in [2.75, 3.05) is 32.2 Å². The summed E-state index contributed by atoms with van der Waals surface area (Å²) >= 11 is 0. The van der Waals surface area contributed by atoms with Crippen LogP contribution in [-0.4, -0.2) is 59.5 Å². The van der Waals surface area contributed by atoms with Crippen molar-refractivity contribution < 1.29 is 24.6 Å². The number of amides is 1. The fourth-order valence-electron chi connectivity index (χ4n) is 5.56. The molecule has 3 heterocycles. The molecule has 0 spiro atoms. The Hall–Kier alpha value is -5.95. The number of nitrogens with zero attached hydrogens (tertiary/aromatic N) is 5. The Labute approximate surface area is 272 Å². The van der Waals surface area contributed by atoms with Gasteiger partial charge in [-0.3, -0.25) is 10.0 Å². The Morgan fingerprint density at radius 2 is 1.74 bits per heavy atom. The molecule has 238 valence electrons. The number of hydrogen-bond donors (Lipinski definition) is 4. The van der Waals surface area contributed by atoms with Crippen molar-refractivity contribution in [3.05, 3.63) is 89.4 Å². The molecule has 12 nitrogen and oxygen atoms in total. The number of phenolic OH excluding ortho intramolecular Hbond substituents is 1. The minimum absolute atomic E-state index is 0.0523. The van der Waals surface area contributed by atoms with Crippen LogP contribution in [0.3, 0.4) is 0 Å². The number of aromatic nitrogens is 2. The monoisotopic (exact) mass is 631 g/mol. The van der Waals surface area contributed by atoms with E-state index >= 15 is 0 Å². The number of hydrogen-bond acceptors (Lipinski definition) is 11. The highest BCUT2D eigenvalue weighted by Gasteiger charge is 2.26. The molecular weight excluding hydrogens is 598 g/mol. The Kier molecular flexibility index (Phi) is 10.3. The third-order valence-electron chi connectivity index (χ3n) is 8.03. The topological polar surface area (TPSA) is 177 Å². The predicted octanol–water partition coefficient (Wildman–Crippen LogP) is 4.55. The molecule has 2 aromatic carbocycles. The Balaban J connectivity index is 1.38. The molecule has 5 rings (SSSR count). The molecule has 4 aromatic rings. The van der Waals surface area contributed by atoms with Gasteiger partial charge in [0.15, 0.2) is 22.9 Å². The van der Waals surface area contributed by atoms with Gasteiger partial charge in [0.2, 0.25) is 0 Å². The molecule has 0 aliphatic carbocycles. The van der Waals surface area contributed by atoms with Crippen LogP contribution in [-0.2, 0) is 11.3 Å². The first-order chi connectivity index (χ1) is 22.9. The summed E-state index contributed by atoms with van der Waals surface area (Å²) in [6.45, 7) is 2.02. The second-order valence-corrected chi connectivity index (χ2v) is 10.8. The van der Waals surface area contributed by atoms with Gasteiger partial charge in [-0.2, -0.15) is 10.5 Å². The number of carbonyl (C=O) groups is 1. The van der Waals surface area contributed by atoms with Gasteiger partial charge in [-0.25, -0.2) is 15.4 Å². The van der Waals surface area contributed by atoms with Crippen molar-refractivity contribution >= 4 is 17.8 Å². The second-order valence-electron chi connectivity index (χ2n) is 10.8. The average molecular weight is 632 g/mol. The molecule has 1 aliphatic heterocycles. The van der Waals surface area contributed by atoms with Crippen molar-refractivity contribution in [2.24, 2.45) is 0 Å². The Bertz CT molecular complexity index is 1870. The van der Waals surface area contributed by atoms with E-state index in [-0.39, 0.29) is 23.2 Å². The standard InChI is InChI=1S/C35H33N7O5/c1-46-31-9-8-24(15-30(31)43)28-21-40-35(27(17-36)34(28)25-16-32(47-2)29(18-37)39-20-25)42-13-11-26(12-14-42)38-19-23-5-3-22(4-6-23)7-10-33(44)41-45/h3-10,15-16,20-21,26,38,43,45H,11-14,19H2,1-2H3,(H,41,44)/b10-7+. The summed E-state index contributed by atoms with van der Waals surface area (Å²) in [6, 6.07) is 19.1. The molecule has 0 atom stereocenters. The van der Waals surface area contributed by atoms with Gasteiger partial charge in [-0.05, 0) is 53.8 Å². The zero-order chi connectivity index (χ0) is 33.3. The molecule has 2 aromatic heterocycles. The van der Waals surface area contributed by atoms with E-state index in [1.54, 1.807) is 48.2 Å². The zero-order valence-electron chi connectivity index (χ0n) is 25.9. The van der Waals surface area contributed by atoms with Crippen LogP contribution >= 0.6 is 0 Å². The van der Waals surface area contributed by atoms with E-state index < -0.39 is 5.91 Å². The first kappa shape index (κ1) is 32.4. The van der Waals surface area contributed by atoms with Crippen molar-refractivity contribution in [1.82, 2.24) is 20.8 Å². The fraction of sp³-hybridized carbons (Fsp3) is 0.229. The summed E-state index contributed by atoms with van der Waals surface area (Å²) in [5.41, 5.74) is 6.35. The number of methoxy groups -OCH3 is 2. The van der Waals surface area contributed by atoms with Gasteiger partial charge in [0.1, 0.15) is 23.5 Å². The summed E-state index contributed by atoms with van der Waals surface area (Å²) in [7, 11) is 2.93. The molecule has 0 bridgehead atoms. The van der Waals surface area contributed by atoms with Crippen LogP contribution in [0.1, 0.15) is 35.2 Å². The molecule has 4 N–H and O–H groups in total. The van der Waals surface area contributed by atoms with Gasteiger partial charge in [0.25, 0.3) is 5.91 Å². The lowest BCUT2D eigenvalue weighted by molar-refractivity contribution is -0.124. The number of rotatable bonds is 10. The largest absolute Gasteiger partial charge is 0.504 e. The molecule has 0 saturated carbocycles. The molecule has 1 fully saturated rings. The summed E-state index contributed by atoms with van der Waals surface area (Å²) < 4.78 is 10.6. The van der Waals surface area contributed by atoms with E-state index in [0.29, 0.717) is 59.0 Å². The molecular formula is C35H33N7O5. The van der Waals surface area contributed by atoms with E-state index in [1.807, 2.05) is 30.3 Å². The van der Waals surface area contributed by atoms with E-state index in [4.69, 9.17) is 19.7 Å². The smallest absolute Gasteiger partial charge is 0.267 e. The lowest BCUT2D eigenvalue weighted by Gasteiger charge is -2.34. The number of phenols is 1. The van der Waals surface area contributed by atoms with Crippen LogP contribution in [0.4, 0.5) is 5.82 Å². The van der Waals surface area contributed by atoms with E-state index in [2.05, 4.69) is 21.3 Å². The maximum absolute atomic E-state index is 11.2. The molecule has 0 unspecified atom stereocenters. The van der Waals surface area contributed by atoms with E-state index in [9.17, 15) is 20.4 Å². The quantitative estimate of drug-likeness (QED) is 0.110. The number of benzene rings is 2. The van der Waals surface area contributed by atoms with Crippen LogP contribution in [0.2, 0.25) is 0 Å².